The van der Waals surface area contributed by atoms with Gasteiger partial charge in [0.05, 0.1) is 21.3 Å². The fourth-order valence-electron chi connectivity index (χ4n) is 3.53. The zero-order valence-electron chi connectivity index (χ0n) is 14.8. The number of aromatic nitrogens is 2. The summed E-state index contributed by atoms with van der Waals surface area (Å²) in [7, 11) is 0. The summed E-state index contributed by atoms with van der Waals surface area (Å²) in [5.74, 6) is -1.90. The van der Waals surface area contributed by atoms with E-state index in [1.165, 1.54) is 0 Å². The Morgan fingerprint density at radius 2 is 1.55 bits per heavy atom. The number of thiazole rings is 1. The van der Waals surface area contributed by atoms with Crippen LogP contribution in [-0.2, 0) is 0 Å². The predicted octanol–water partition coefficient (Wildman–Crippen LogP) is 5.66. The van der Waals surface area contributed by atoms with Crippen LogP contribution in [-0.4, -0.2) is 15.7 Å². The number of rotatable bonds is 2. The Labute approximate surface area is 167 Å². The molecule has 3 nitrogen and oxygen atoms in total. The van der Waals surface area contributed by atoms with Gasteiger partial charge in [-0.05, 0) is 42.2 Å². The van der Waals surface area contributed by atoms with E-state index in [0.29, 0.717) is 11.6 Å². The molecule has 0 aliphatic carbocycles. The fraction of sp³-hybridized carbons (Fsp3) is 0.0455. The lowest BCUT2D eigenvalue weighted by molar-refractivity contribution is -0.357. The summed E-state index contributed by atoms with van der Waals surface area (Å²) in [5, 5.41) is 13.5. The van der Waals surface area contributed by atoms with Crippen molar-refractivity contribution in [2.75, 3.05) is 0 Å². The van der Waals surface area contributed by atoms with Gasteiger partial charge in [0.2, 0.25) is 0 Å². The van der Waals surface area contributed by atoms with Crippen molar-refractivity contribution in [3.63, 3.8) is 0 Å². The second-order valence-electron chi connectivity index (χ2n) is 6.58. The molecule has 0 amide bonds. The normalized spacial score (nSPS) is 13.0. The molecule has 3 aromatic carbocycles. The largest absolute Gasteiger partial charge is 0.869 e. The molecule has 0 bridgehead atoms. The van der Waals surface area contributed by atoms with Crippen molar-refractivity contribution < 1.29 is 18.3 Å². The lowest BCUT2D eigenvalue weighted by Crippen LogP contribution is -2.22. The zero-order chi connectivity index (χ0) is 20.2. The van der Waals surface area contributed by atoms with Crippen LogP contribution in [0.4, 0.5) is 13.2 Å². The third-order valence-corrected chi connectivity index (χ3v) is 5.74. The molecule has 0 radical (unpaired) electrons. The molecule has 0 saturated carbocycles. The number of hydrogen-bond donors (Lipinski definition) is 0. The molecule has 29 heavy (non-hydrogen) atoms. The number of nitrogens with zero attached hydrogens (tertiary/aromatic N) is 2. The molecule has 0 saturated heterocycles. The van der Waals surface area contributed by atoms with E-state index in [2.05, 4.69) is 21.7 Å². The second kappa shape index (κ2) is 6.35. The van der Waals surface area contributed by atoms with E-state index in [1.54, 1.807) is 0 Å². The molecule has 0 atom stereocenters. The molecule has 0 aliphatic heterocycles. The Hall–Kier alpha value is -3.32. The molecule has 5 aromatic rings. The van der Waals surface area contributed by atoms with Crippen molar-refractivity contribution in [3.8, 4) is 5.69 Å². The summed E-state index contributed by atoms with van der Waals surface area (Å²) in [6.45, 7) is 0. The first-order valence-corrected chi connectivity index (χ1v) is 9.58. The van der Waals surface area contributed by atoms with Crippen LogP contribution >= 0.6 is 11.3 Å². The maximum atomic E-state index is 12.5. The van der Waals surface area contributed by atoms with Crippen LogP contribution in [0.3, 0.4) is 0 Å². The minimum atomic E-state index is -4.90. The third kappa shape index (κ3) is 2.94. The highest BCUT2D eigenvalue weighted by atomic mass is 32.1. The van der Waals surface area contributed by atoms with Crippen molar-refractivity contribution in [2.45, 2.75) is 6.18 Å². The van der Waals surface area contributed by atoms with E-state index >= 15 is 0 Å². The predicted molar refractivity (Wildman–Crippen MR) is 108 cm³/mol. The van der Waals surface area contributed by atoms with Crippen molar-refractivity contribution >= 4 is 49.4 Å². The molecule has 0 unspecified atom stereocenters. The van der Waals surface area contributed by atoms with Gasteiger partial charge in [-0.2, -0.15) is 13.2 Å². The first kappa shape index (κ1) is 17.8. The minimum Gasteiger partial charge on any atom is -0.869 e. The number of alkyl halides is 3. The van der Waals surface area contributed by atoms with Gasteiger partial charge in [-0.3, -0.25) is 0 Å². The topological polar surface area (TPSA) is 40.9 Å². The number of halogens is 3. The molecule has 2 aromatic heterocycles. The molecule has 144 valence electrons. The van der Waals surface area contributed by atoms with Crippen LogP contribution in [0.1, 0.15) is 5.01 Å². The highest BCUT2D eigenvalue weighted by Crippen LogP contribution is 2.34. The lowest BCUT2D eigenvalue weighted by atomic mass is 10.2. The van der Waals surface area contributed by atoms with Gasteiger partial charge in [0.15, 0.2) is 0 Å². The van der Waals surface area contributed by atoms with Crippen LogP contribution in [0, 0.1) is 0 Å². The van der Waals surface area contributed by atoms with E-state index in [1.807, 2.05) is 54.6 Å². The smallest absolute Gasteiger partial charge is 0.402 e. The monoisotopic (exact) mass is 409 g/mol. The van der Waals surface area contributed by atoms with E-state index < -0.39 is 11.9 Å². The zero-order valence-corrected chi connectivity index (χ0v) is 15.6. The standard InChI is InChI=1S/C22H13F3N2OS/c23-22(24,25)20(28)12-21-26-16-11-13(9-10-19(16)29-21)27-17-7-3-1-5-14(17)15-6-2-4-8-18(15)27/h1-12,28H/p-1/b20-12-. The summed E-state index contributed by atoms with van der Waals surface area (Å²) in [6.07, 6.45) is -4.35. The number of para-hydroxylation sites is 2. The maximum Gasteiger partial charge on any atom is 0.402 e. The van der Waals surface area contributed by atoms with Crippen LogP contribution in [0.15, 0.2) is 72.5 Å². The molecular weight excluding hydrogens is 397 g/mol. The Morgan fingerprint density at radius 3 is 2.17 bits per heavy atom. The lowest BCUT2D eigenvalue weighted by Gasteiger charge is -2.14. The highest BCUT2D eigenvalue weighted by molar-refractivity contribution is 7.19. The van der Waals surface area contributed by atoms with E-state index in [0.717, 1.165) is 43.5 Å². The summed E-state index contributed by atoms with van der Waals surface area (Å²) in [6, 6.07) is 21.7. The van der Waals surface area contributed by atoms with Gasteiger partial charge in [-0.25, -0.2) is 4.98 Å². The Kier molecular flexibility index (Phi) is 3.89. The first-order chi connectivity index (χ1) is 13.9. The molecule has 0 spiro atoms. The molecule has 0 aliphatic rings. The van der Waals surface area contributed by atoms with Gasteiger partial charge in [0.25, 0.3) is 0 Å². The van der Waals surface area contributed by atoms with Crippen LogP contribution in [0.5, 0.6) is 0 Å². The van der Waals surface area contributed by atoms with Crippen LogP contribution in [0.25, 0.3) is 43.8 Å². The minimum absolute atomic E-state index is 0.0432. The van der Waals surface area contributed by atoms with E-state index in [4.69, 9.17) is 0 Å². The summed E-state index contributed by atoms with van der Waals surface area (Å²) < 4.78 is 40.4. The second-order valence-corrected chi connectivity index (χ2v) is 7.64. The van der Waals surface area contributed by atoms with Crippen molar-refractivity contribution in [3.05, 3.63) is 77.5 Å². The number of allylic oxidation sites excluding steroid dienone is 1. The quantitative estimate of drug-likeness (QED) is 0.353. The fourth-order valence-corrected chi connectivity index (χ4v) is 4.41. The number of benzene rings is 3. The van der Waals surface area contributed by atoms with Gasteiger partial charge < -0.3 is 9.67 Å². The van der Waals surface area contributed by atoms with E-state index in [-0.39, 0.29) is 5.01 Å². The van der Waals surface area contributed by atoms with Crippen LogP contribution < -0.4 is 5.11 Å². The SMILES string of the molecule is [O-]/C(=C\c1nc2cc(-n3c4ccccc4c4ccccc43)ccc2s1)C(F)(F)F. The molecule has 0 N–H and O–H groups in total. The van der Waals surface area contributed by atoms with Gasteiger partial charge in [0, 0.05) is 16.5 Å². The highest BCUT2D eigenvalue weighted by Gasteiger charge is 2.26. The van der Waals surface area contributed by atoms with Crippen molar-refractivity contribution in [2.24, 2.45) is 0 Å². The number of fused-ring (bicyclic) bond motifs is 4. The van der Waals surface area contributed by atoms with Crippen molar-refractivity contribution in [1.29, 1.82) is 0 Å². The maximum absolute atomic E-state index is 12.5. The molecule has 0 fully saturated rings. The Bertz CT molecular complexity index is 1360. The molecular formula is C22H12F3N2OS-. The summed E-state index contributed by atoms with van der Waals surface area (Å²) in [4.78, 5) is 4.23. The van der Waals surface area contributed by atoms with Gasteiger partial charge in [-0.1, -0.05) is 36.4 Å². The van der Waals surface area contributed by atoms with E-state index in [9.17, 15) is 18.3 Å². The van der Waals surface area contributed by atoms with Crippen LogP contribution in [0.2, 0.25) is 0 Å². The molecule has 7 heteroatoms. The molecule has 5 rings (SSSR count). The third-order valence-electron chi connectivity index (χ3n) is 4.76. The number of hydrogen-bond acceptors (Lipinski definition) is 3. The average molecular weight is 409 g/mol. The average Bonchev–Trinajstić information content (AvgIpc) is 3.24. The Balaban J connectivity index is 1.70. The van der Waals surface area contributed by atoms with Gasteiger partial charge in [-0.15, -0.1) is 11.3 Å². The summed E-state index contributed by atoms with van der Waals surface area (Å²) >= 11 is 1.06. The molecule has 2 heterocycles. The first-order valence-electron chi connectivity index (χ1n) is 8.77. The Morgan fingerprint density at radius 1 is 0.931 bits per heavy atom. The van der Waals surface area contributed by atoms with Gasteiger partial charge >= 0.3 is 6.18 Å². The summed E-state index contributed by atoms with van der Waals surface area (Å²) in [5.41, 5.74) is 3.47. The van der Waals surface area contributed by atoms with Crippen molar-refractivity contribution in [1.82, 2.24) is 9.55 Å². The van der Waals surface area contributed by atoms with Gasteiger partial charge in [0.1, 0.15) is 5.01 Å².